The molecule has 0 saturated carbocycles. The Morgan fingerprint density at radius 3 is 2.71 bits per heavy atom. The summed E-state index contributed by atoms with van der Waals surface area (Å²) in [5.74, 6) is -0.261. The van der Waals surface area contributed by atoms with Crippen molar-refractivity contribution in [2.75, 3.05) is 31.1 Å². The first-order valence-corrected chi connectivity index (χ1v) is 11.9. The quantitative estimate of drug-likeness (QED) is 0.456. The van der Waals surface area contributed by atoms with Crippen LogP contribution >= 0.6 is 0 Å². The van der Waals surface area contributed by atoms with E-state index >= 15 is 4.39 Å². The van der Waals surface area contributed by atoms with Gasteiger partial charge in [0, 0.05) is 42.8 Å². The first kappa shape index (κ1) is 23.2. The van der Waals surface area contributed by atoms with Crippen molar-refractivity contribution in [1.29, 1.82) is 0 Å². The molecule has 3 N–H and O–H groups in total. The molecule has 5 rings (SSSR count). The fourth-order valence-corrected chi connectivity index (χ4v) is 5.32. The molecule has 1 fully saturated rings. The number of aryl methyl sites for hydroxylation is 1. The second-order valence-electron chi connectivity index (χ2n) is 9.82. The lowest BCUT2D eigenvalue weighted by molar-refractivity contribution is -0.119. The molecule has 1 aliphatic rings. The van der Waals surface area contributed by atoms with Gasteiger partial charge in [-0.05, 0) is 43.4 Å². The molecule has 0 spiro atoms. The zero-order valence-corrected chi connectivity index (χ0v) is 20.8. The van der Waals surface area contributed by atoms with E-state index < -0.39 is 0 Å². The van der Waals surface area contributed by atoms with Crippen molar-refractivity contribution in [3.05, 3.63) is 41.2 Å². The Bertz CT molecular complexity index is 1440. The topological polar surface area (TPSA) is 108 Å². The second kappa shape index (κ2) is 8.60. The van der Waals surface area contributed by atoms with Gasteiger partial charge in [-0.3, -0.25) is 9.69 Å². The summed E-state index contributed by atoms with van der Waals surface area (Å²) in [6.45, 7) is 12.3. The van der Waals surface area contributed by atoms with Crippen molar-refractivity contribution in [3.8, 4) is 11.3 Å². The lowest BCUT2D eigenvalue weighted by Crippen LogP contribution is -2.54. The van der Waals surface area contributed by atoms with Gasteiger partial charge >= 0.3 is 0 Å². The molecule has 5 heterocycles. The lowest BCUT2D eigenvalue weighted by Gasteiger charge is -2.40. The van der Waals surface area contributed by atoms with Crippen molar-refractivity contribution in [2.45, 2.75) is 46.6 Å². The molecule has 0 aliphatic carbocycles. The molecule has 1 amide bonds. The first-order valence-electron chi connectivity index (χ1n) is 11.9. The molecular weight excluding hydrogens is 447 g/mol. The average molecular weight is 479 g/mol. The van der Waals surface area contributed by atoms with E-state index in [9.17, 15) is 4.79 Å². The number of fused-ring (bicyclic) bond motifs is 2. The highest BCUT2D eigenvalue weighted by Gasteiger charge is 2.30. The van der Waals surface area contributed by atoms with Crippen LogP contribution in [0.15, 0.2) is 18.7 Å². The molecule has 0 aromatic carbocycles. The smallest absolute Gasteiger partial charge is 0.231 e. The van der Waals surface area contributed by atoms with Gasteiger partial charge in [0.05, 0.1) is 24.0 Å². The molecule has 4 aromatic heterocycles. The van der Waals surface area contributed by atoms with E-state index in [1.807, 2.05) is 29.8 Å². The third-order valence-electron chi connectivity index (χ3n) is 7.14. The molecule has 9 nitrogen and oxygen atoms in total. The van der Waals surface area contributed by atoms with E-state index in [0.717, 1.165) is 33.6 Å². The molecule has 35 heavy (non-hydrogen) atoms. The number of rotatable bonds is 5. The third-order valence-corrected chi connectivity index (χ3v) is 7.14. The number of aromatic amines is 1. The summed E-state index contributed by atoms with van der Waals surface area (Å²) in [6.07, 6.45) is 5.22. The van der Waals surface area contributed by atoms with Crippen molar-refractivity contribution in [2.24, 2.45) is 5.73 Å². The van der Waals surface area contributed by atoms with E-state index in [-0.39, 0.29) is 30.2 Å². The van der Waals surface area contributed by atoms with Gasteiger partial charge in [0.1, 0.15) is 6.33 Å². The first-order chi connectivity index (χ1) is 16.7. The largest absolute Gasteiger partial charge is 0.369 e. The number of hydrogen-bond acceptors (Lipinski definition) is 6. The van der Waals surface area contributed by atoms with Crippen LogP contribution < -0.4 is 10.6 Å². The average Bonchev–Trinajstić information content (AvgIpc) is 3.42. The summed E-state index contributed by atoms with van der Waals surface area (Å²) in [5.41, 5.74) is 11.7. The number of H-pyrrole nitrogens is 1. The number of amides is 1. The summed E-state index contributed by atoms with van der Waals surface area (Å²) in [6, 6.07) is -0.0110. The van der Waals surface area contributed by atoms with Gasteiger partial charge in [0.15, 0.2) is 17.3 Å². The minimum atomic E-state index is -0.354. The molecule has 1 unspecified atom stereocenters. The van der Waals surface area contributed by atoms with Gasteiger partial charge in [0.2, 0.25) is 5.91 Å². The van der Waals surface area contributed by atoms with Crippen LogP contribution in [-0.4, -0.2) is 67.6 Å². The van der Waals surface area contributed by atoms with Crippen LogP contribution in [0.25, 0.3) is 27.8 Å². The Labute approximate surface area is 203 Å². The Morgan fingerprint density at radius 1 is 1.26 bits per heavy atom. The van der Waals surface area contributed by atoms with E-state index in [2.05, 4.69) is 40.8 Å². The summed E-state index contributed by atoms with van der Waals surface area (Å²) in [7, 11) is 0. The SMILES string of the molecule is Cc1c(-c2[nH]c3cnc(N4CCN(CC(N)=O)CC4C)c(F)c3c2C(C)C)cn2ncnc2c1C. The van der Waals surface area contributed by atoms with Gasteiger partial charge in [-0.25, -0.2) is 18.9 Å². The van der Waals surface area contributed by atoms with Crippen LogP contribution in [0.5, 0.6) is 0 Å². The predicted molar refractivity (Wildman–Crippen MR) is 134 cm³/mol. The fourth-order valence-electron chi connectivity index (χ4n) is 5.32. The molecule has 0 bridgehead atoms. The highest BCUT2D eigenvalue weighted by Crippen LogP contribution is 2.40. The van der Waals surface area contributed by atoms with E-state index in [0.29, 0.717) is 36.4 Å². The highest BCUT2D eigenvalue weighted by molar-refractivity contribution is 5.94. The van der Waals surface area contributed by atoms with E-state index in [4.69, 9.17) is 5.73 Å². The van der Waals surface area contributed by atoms with Crippen molar-refractivity contribution in [1.82, 2.24) is 29.5 Å². The maximum atomic E-state index is 16.2. The van der Waals surface area contributed by atoms with E-state index in [1.165, 1.54) is 0 Å². The molecule has 1 aliphatic heterocycles. The van der Waals surface area contributed by atoms with Gasteiger partial charge < -0.3 is 15.6 Å². The van der Waals surface area contributed by atoms with Crippen LogP contribution in [0.1, 0.15) is 43.4 Å². The summed E-state index contributed by atoms with van der Waals surface area (Å²) >= 11 is 0. The Balaban J connectivity index is 1.63. The van der Waals surface area contributed by atoms with Gasteiger partial charge in [0.25, 0.3) is 0 Å². The second-order valence-corrected chi connectivity index (χ2v) is 9.82. The van der Waals surface area contributed by atoms with Crippen molar-refractivity contribution < 1.29 is 9.18 Å². The predicted octanol–water partition coefficient (Wildman–Crippen LogP) is 3.15. The maximum Gasteiger partial charge on any atom is 0.231 e. The Hall–Kier alpha value is -3.53. The number of nitrogens with one attached hydrogen (secondary N) is 1. The Kier molecular flexibility index (Phi) is 5.71. The van der Waals surface area contributed by atoms with E-state index in [1.54, 1.807) is 17.0 Å². The van der Waals surface area contributed by atoms with Crippen LogP contribution in [0, 0.1) is 19.7 Å². The number of anilines is 1. The zero-order chi connectivity index (χ0) is 25.0. The number of halogens is 1. The molecule has 0 radical (unpaired) electrons. The minimum absolute atomic E-state index is 0.0110. The number of carbonyl (C=O) groups is 1. The number of primary amides is 1. The molecule has 1 saturated heterocycles. The lowest BCUT2D eigenvalue weighted by atomic mass is 9.94. The normalized spacial score (nSPS) is 17.2. The van der Waals surface area contributed by atoms with Crippen LogP contribution in [-0.2, 0) is 4.79 Å². The molecule has 184 valence electrons. The molecule has 4 aromatic rings. The van der Waals surface area contributed by atoms with Crippen molar-refractivity contribution >= 4 is 28.3 Å². The number of pyridine rings is 2. The monoisotopic (exact) mass is 478 g/mol. The fraction of sp³-hybridized carbons (Fsp3) is 0.440. The zero-order valence-electron chi connectivity index (χ0n) is 20.8. The Morgan fingerprint density at radius 2 is 2.03 bits per heavy atom. The minimum Gasteiger partial charge on any atom is -0.369 e. The third kappa shape index (κ3) is 3.81. The number of carbonyl (C=O) groups excluding carboxylic acids is 1. The van der Waals surface area contributed by atoms with Crippen molar-refractivity contribution in [3.63, 3.8) is 0 Å². The number of piperazine rings is 1. The van der Waals surface area contributed by atoms with Crippen LogP contribution in [0.2, 0.25) is 0 Å². The molecular formula is C25H31FN8O. The van der Waals surface area contributed by atoms with Crippen LogP contribution in [0.4, 0.5) is 10.2 Å². The maximum absolute atomic E-state index is 16.2. The van der Waals surface area contributed by atoms with Crippen LogP contribution in [0.3, 0.4) is 0 Å². The van der Waals surface area contributed by atoms with Gasteiger partial charge in [-0.15, -0.1) is 0 Å². The number of hydrogen-bond donors (Lipinski definition) is 2. The number of aromatic nitrogens is 5. The molecule has 1 atom stereocenters. The molecule has 10 heteroatoms. The van der Waals surface area contributed by atoms with Gasteiger partial charge in [-0.2, -0.15) is 5.10 Å². The summed E-state index contributed by atoms with van der Waals surface area (Å²) < 4.78 is 18.0. The summed E-state index contributed by atoms with van der Waals surface area (Å²) in [5, 5.41) is 4.90. The highest BCUT2D eigenvalue weighted by atomic mass is 19.1. The number of nitrogens with zero attached hydrogens (tertiary/aromatic N) is 6. The summed E-state index contributed by atoms with van der Waals surface area (Å²) in [4.78, 5) is 27.7. The number of nitrogens with two attached hydrogens (primary N) is 1. The standard InChI is InChI=1S/C25H31FN8O/c1-13(2)20-21-18(31-23(20)17-10-34-24(29-12-30-34)16(5)15(17)4)8-28-25(22(21)26)33-7-6-32(9-14(33)3)11-19(27)35/h8,10,12-14,31H,6-7,9,11H2,1-5H3,(H2,27,35). The van der Waals surface area contributed by atoms with Gasteiger partial charge in [-0.1, -0.05) is 13.8 Å².